The van der Waals surface area contributed by atoms with E-state index in [-0.39, 0.29) is 17.2 Å². The number of hydrogen-bond donors (Lipinski definition) is 1. The highest BCUT2D eigenvalue weighted by molar-refractivity contribution is 7.92. The normalized spacial score (nSPS) is 11.3. The van der Waals surface area contributed by atoms with Crippen LogP contribution in [0, 0.1) is 25.2 Å². The average molecular weight is 434 g/mol. The van der Waals surface area contributed by atoms with Crippen molar-refractivity contribution >= 4 is 15.9 Å². The van der Waals surface area contributed by atoms with Crippen LogP contribution < -0.4 is 4.72 Å². The van der Waals surface area contributed by atoms with Crippen LogP contribution in [0.15, 0.2) is 68.8 Å². The first-order valence-electron chi connectivity index (χ1n) is 9.35. The molecule has 8 nitrogen and oxygen atoms in total. The van der Waals surface area contributed by atoms with Gasteiger partial charge in [-0.1, -0.05) is 29.4 Å². The zero-order valence-corrected chi connectivity index (χ0v) is 17.6. The molecule has 4 aromatic rings. The molecule has 0 saturated carbocycles. The Hall–Kier alpha value is -3.90. The van der Waals surface area contributed by atoms with Gasteiger partial charge >= 0.3 is 0 Å². The van der Waals surface area contributed by atoms with Gasteiger partial charge in [0.15, 0.2) is 0 Å². The molecule has 2 heterocycles. The van der Waals surface area contributed by atoms with Crippen molar-refractivity contribution in [2.24, 2.45) is 0 Å². The van der Waals surface area contributed by atoms with E-state index in [1.807, 2.05) is 0 Å². The summed E-state index contributed by atoms with van der Waals surface area (Å²) >= 11 is 0. The topological polar surface area (TPSA) is 122 Å². The van der Waals surface area contributed by atoms with E-state index in [0.29, 0.717) is 39.4 Å². The second kappa shape index (κ2) is 8.08. The first-order valence-corrected chi connectivity index (χ1v) is 10.8. The van der Waals surface area contributed by atoms with Crippen LogP contribution in [0.5, 0.6) is 0 Å². The van der Waals surface area contributed by atoms with Gasteiger partial charge in [-0.2, -0.15) is 5.26 Å². The summed E-state index contributed by atoms with van der Waals surface area (Å²) in [5.74, 6) is 0.494. The third kappa shape index (κ3) is 3.93. The van der Waals surface area contributed by atoms with Crippen molar-refractivity contribution in [2.45, 2.75) is 25.2 Å². The van der Waals surface area contributed by atoms with Gasteiger partial charge in [0.05, 0.1) is 29.3 Å². The van der Waals surface area contributed by atoms with E-state index in [2.05, 4.69) is 20.9 Å². The first kappa shape index (κ1) is 20.4. The molecule has 0 aliphatic rings. The Bertz CT molecular complexity index is 1380. The van der Waals surface area contributed by atoms with E-state index >= 15 is 0 Å². The number of sulfonamides is 1. The minimum Gasteiger partial charge on any atom is -0.445 e. The quantitative estimate of drug-likeness (QED) is 0.475. The van der Waals surface area contributed by atoms with Gasteiger partial charge in [0.25, 0.3) is 10.0 Å². The molecule has 9 heteroatoms. The zero-order chi connectivity index (χ0) is 22.0. The summed E-state index contributed by atoms with van der Waals surface area (Å²) in [4.78, 5) is 4.19. The molecule has 0 aliphatic heterocycles. The van der Waals surface area contributed by atoms with Crippen molar-refractivity contribution in [2.75, 3.05) is 4.72 Å². The highest BCUT2D eigenvalue weighted by Crippen LogP contribution is 2.34. The van der Waals surface area contributed by atoms with Gasteiger partial charge < -0.3 is 8.94 Å². The number of benzene rings is 2. The van der Waals surface area contributed by atoms with Crippen molar-refractivity contribution < 1.29 is 17.4 Å². The van der Waals surface area contributed by atoms with Crippen LogP contribution in [-0.4, -0.2) is 18.6 Å². The Morgan fingerprint density at radius 1 is 1.13 bits per heavy atom. The summed E-state index contributed by atoms with van der Waals surface area (Å²) in [5.41, 5.74) is 3.67. The van der Waals surface area contributed by atoms with Crippen LogP contribution in [0.3, 0.4) is 0 Å². The van der Waals surface area contributed by atoms with Crippen LogP contribution in [0.25, 0.3) is 22.6 Å². The summed E-state index contributed by atoms with van der Waals surface area (Å²) < 4.78 is 39.3. The summed E-state index contributed by atoms with van der Waals surface area (Å²) in [5, 5.41) is 13.1. The Balaban J connectivity index is 1.81. The molecule has 0 unspecified atom stereocenters. The molecule has 0 amide bonds. The number of aromatic nitrogens is 2. The molecular weight excluding hydrogens is 416 g/mol. The molecule has 2 aromatic carbocycles. The van der Waals surface area contributed by atoms with E-state index in [4.69, 9.17) is 8.94 Å². The summed E-state index contributed by atoms with van der Waals surface area (Å²) in [7, 11) is -3.98. The number of nitrogens with one attached hydrogen (secondary N) is 1. The summed E-state index contributed by atoms with van der Waals surface area (Å²) in [6.07, 6.45) is 3.09. The zero-order valence-electron chi connectivity index (χ0n) is 16.8. The Morgan fingerprint density at radius 3 is 2.61 bits per heavy atom. The predicted octanol–water partition coefficient (Wildman–Crippen LogP) is 4.48. The molecule has 156 valence electrons. The molecule has 0 bridgehead atoms. The van der Waals surface area contributed by atoms with Gasteiger partial charge in [-0.15, -0.1) is 0 Å². The monoisotopic (exact) mass is 434 g/mol. The highest BCUT2D eigenvalue weighted by Gasteiger charge is 2.24. The van der Waals surface area contributed by atoms with Crippen LogP contribution in [-0.2, 0) is 16.4 Å². The lowest BCUT2D eigenvalue weighted by Crippen LogP contribution is -2.14. The standard InChI is InChI=1S/C22H18N4O4S/c1-14-15(2)25-30-21(14)26-31(27,28)20-6-4-3-5-19(20)18-8-7-17(13-16(18)9-10-23)22-24-11-12-29-22/h3-8,11-13,26H,9H2,1-2H3. The third-order valence-corrected chi connectivity index (χ3v) is 6.29. The fourth-order valence-electron chi connectivity index (χ4n) is 3.20. The lowest BCUT2D eigenvalue weighted by atomic mass is 9.96. The molecule has 0 fully saturated rings. The number of nitrogens with zero attached hydrogens (tertiary/aromatic N) is 3. The maximum Gasteiger partial charge on any atom is 0.264 e. The molecule has 4 rings (SSSR count). The van der Waals surface area contributed by atoms with Crippen molar-refractivity contribution in [1.82, 2.24) is 10.1 Å². The largest absolute Gasteiger partial charge is 0.445 e. The minimum atomic E-state index is -3.98. The van der Waals surface area contributed by atoms with Gasteiger partial charge in [-0.25, -0.2) is 18.1 Å². The van der Waals surface area contributed by atoms with Crippen LogP contribution >= 0.6 is 0 Å². The minimum absolute atomic E-state index is 0.0616. The predicted molar refractivity (Wildman–Crippen MR) is 113 cm³/mol. The highest BCUT2D eigenvalue weighted by atomic mass is 32.2. The maximum absolute atomic E-state index is 13.2. The molecule has 1 N–H and O–H groups in total. The molecule has 0 spiro atoms. The number of hydrogen-bond acceptors (Lipinski definition) is 7. The Morgan fingerprint density at radius 2 is 1.94 bits per heavy atom. The molecule has 2 aromatic heterocycles. The summed E-state index contributed by atoms with van der Waals surface area (Å²) in [6.45, 7) is 3.45. The second-order valence-electron chi connectivity index (χ2n) is 6.87. The SMILES string of the molecule is Cc1noc(NS(=O)(=O)c2ccccc2-c2ccc(-c3ncco3)cc2CC#N)c1C. The number of anilines is 1. The smallest absolute Gasteiger partial charge is 0.264 e. The van der Waals surface area contributed by atoms with E-state index in [0.717, 1.165) is 0 Å². The second-order valence-corrected chi connectivity index (χ2v) is 8.52. The van der Waals surface area contributed by atoms with E-state index in [9.17, 15) is 13.7 Å². The van der Waals surface area contributed by atoms with Crippen molar-refractivity contribution in [3.8, 4) is 28.7 Å². The van der Waals surface area contributed by atoms with Gasteiger partial charge in [0.2, 0.25) is 11.8 Å². The van der Waals surface area contributed by atoms with E-state index < -0.39 is 10.0 Å². The first-order chi connectivity index (χ1) is 14.9. The van der Waals surface area contributed by atoms with Crippen molar-refractivity contribution in [1.29, 1.82) is 5.26 Å². The van der Waals surface area contributed by atoms with Crippen molar-refractivity contribution in [3.05, 3.63) is 71.7 Å². The molecule has 0 radical (unpaired) electrons. The fourth-order valence-corrected chi connectivity index (χ4v) is 4.47. The molecular formula is C22H18N4O4S. The number of oxazole rings is 1. The van der Waals surface area contributed by atoms with Crippen molar-refractivity contribution in [3.63, 3.8) is 0 Å². The Labute approximate surface area is 179 Å². The third-order valence-electron chi connectivity index (χ3n) is 4.90. The van der Waals surface area contributed by atoms with E-state index in [1.54, 1.807) is 50.2 Å². The Kier molecular flexibility index (Phi) is 5.31. The lowest BCUT2D eigenvalue weighted by Gasteiger charge is -2.14. The number of nitriles is 1. The molecule has 0 saturated heterocycles. The molecule has 0 atom stereocenters. The van der Waals surface area contributed by atoms with Gasteiger partial charge in [-0.3, -0.25) is 0 Å². The average Bonchev–Trinajstić information content (AvgIpc) is 3.40. The molecule has 0 aliphatic carbocycles. The van der Waals surface area contributed by atoms with Gasteiger partial charge in [0.1, 0.15) is 6.26 Å². The lowest BCUT2D eigenvalue weighted by molar-refractivity contribution is 0.430. The van der Waals surface area contributed by atoms with Crippen LogP contribution in [0.2, 0.25) is 0 Å². The molecule has 31 heavy (non-hydrogen) atoms. The van der Waals surface area contributed by atoms with Gasteiger partial charge in [-0.05, 0) is 43.2 Å². The van der Waals surface area contributed by atoms with Gasteiger partial charge in [0, 0.05) is 16.7 Å². The summed E-state index contributed by atoms with van der Waals surface area (Å²) in [6, 6.07) is 14.1. The van der Waals surface area contributed by atoms with E-state index in [1.165, 1.54) is 18.5 Å². The maximum atomic E-state index is 13.2. The number of aryl methyl sites for hydroxylation is 1. The van der Waals surface area contributed by atoms with Crippen LogP contribution in [0.1, 0.15) is 16.8 Å². The fraction of sp³-hybridized carbons (Fsp3) is 0.136. The van der Waals surface area contributed by atoms with Crippen LogP contribution in [0.4, 0.5) is 5.88 Å². The number of rotatable bonds is 6.